The normalized spacial score (nSPS) is 9.44. The first kappa shape index (κ1) is 8.23. The van der Waals surface area contributed by atoms with Gasteiger partial charge in [0.25, 0.3) is 0 Å². The number of nitrogens with zero attached hydrogens (tertiary/aromatic N) is 1. The summed E-state index contributed by atoms with van der Waals surface area (Å²) in [7, 11) is 1.28. The van der Waals surface area contributed by atoms with Gasteiger partial charge in [0.2, 0.25) is 0 Å². The lowest BCUT2D eigenvalue weighted by Crippen LogP contribution is -2.38. The van der Waals surface area contributed by atoms with Gasteiger partial charge in [-0.1, -0.05) is 0 Å². The van der Waals surface area contributed by atoms with Gasteiger partial charge in [-0.05, 0) is 13.8 Å². The molecule has 54 valence electrons. The van der Waals surface area contributed by atoms with Crippen molar-refractivity contribution in [3.8, 4) is 0 Å². The number of carbonyl (C=O) groups is 1. The average Bonchev–Trinajstić information content (AvgIpc) is 1.63. The van der Waals surface area contributed by atoms with Gasteiger partial charge in [-0.3, -0.25) is 5.21 Å². The lowest BCUT2D eigenvalue weighted by atomic mass is 10.4. The van der Waals surface area contributed by atoms with E-state index in [1.807, 2.05) is 13.8 Å². The lowest BCUT2D eigenvalue weighted by molar-refractivity contribution is -0.0190. The number of urea groups is 1. The third-order valence-electron chi connectivity index (χ3n) is 0.706. The van der Waals surface area contributed by atoms with Crippen molar-refractivity contribution in [3.63, 3.8) is 0 Å². The third-order valence-corrected chi connectivity index (χ3v) is 0.706. The van der Waals surface area contributed by atoms with Crippen LogP contribution < -0.4 is 5.32 Å². The van der Waals surface area contributed by atoms with Crippen LogP contribution in [-0.4, -0.2) is 29.4 Å². The Labute approximate surface area is 54.4 Å². The Morgan fingerprint density at radius 2 is 2.11 bits per heavy atom. The van der Waals surface area contributed by atoms with E-state index >= 15 is 0 Å². The second kappa shape index (κ2) is 3.29. The highest BCUT2D eigenvalue weighted by molar-refractivity contribution is 5.72. The van der Waals surface area contributed by atoms with Crippen LogP contribution in [0.4, 0.5) is 4.79 Å². The summed E-state index contributed by atoms with van der Waals surface area (Å²) in [6.45, 7) is 3.64. The first-order chi connectivity index (χ1) is 4.04. The number of rotatable bonds is 1. The number of hydroxylamine groups is 2. The molecule has 0 spiro atoms. The van der Waals surface area contributed by atoms with Gasteiger partial charge in [0.1, 0.15) is 0 Å². The molecule has 0 unspecified atom stereocenters. The van der Waals surface area contributed by atoms with E-state index in [1.54, 1.807) is 0 Å². The van der Waals surface area contributed by atoms with Gasteiger partial charge in [-0.2, -0.15) is 0 Å². The van der Waals surface area contributed by atoms with E-state index in [4.69, 9.17) is 5.21 Å². The summed E-state index contributed by atoms with van der Waals surface area (Å²) in [5, 5.41) is 11.5. The van der Waals surface area contributed by atoms with Crippen LogP contribution in [0.2, 0.25) is 0 Å². The molecule has 0 aliphatic carbocycles. The molecule has 0 saturated heterocycles. The highest BCUT2D eigenvalue weighted by Crippen LogP contribution is 1.80. The van der Waals surface area contributed by atoms with E-state index in [0.29, 0.717) is 5.06 Å². The molecule has 0 aliphatic heterocycles. The quantitative estimate of drug-likeness (QED) is 0.401. The molecule has 9 heavy (non-hydrogen) atoms. The summed E-state index contributed by atoms with van der Waals surface area (Å²) in [6.07, 6.45) is 0. The largest absolute Gasteiger partial charge is 0.341 e. The standard InChI is InChI=1S/C5H12N2O2/c1-4(2)6-5(8)7(3)9/h4,9H,1-3H3,(H,6,8). The smallest absolute Gasteiger partial charge is 0.334 e. The molecule has 0 saturated carbocycles. The molecule has 0 aromatic carbocycles. The van der Waals surface area contributed by atoms with Crippen molar-refractivity contribution in [1.82, 2.24) is 10.4 Å². The monoisotopic (exact) mass is 132 g/mol. The van der Waals surface area contributed by atoms with Gasteiger partial charge in [-0.25, -0.2) is 9.86 Å². The fourth-order valence-electron chi connectivity index (χ4n) is 0.340. The second-order valence-corrected chi connectivity index (χ2v) is 2.13. The number of nitrogens with one attached hydrogen (secondary N) is 1. The summed E-state index contributed by atoms with van der Waals surface area (Å²) >= 11 is 0. The van der Waals surface area contributed by atoms with Crippen LogP contribution in [0, 0.1) is 0 Å². The molecule has 0 atom stereocenters. The van der Waals surface area contributed by atoms with E-state index in [0.717, 1.165) is 0 Å². The van der Waals surface area contributed by atoms with Crippen LogP contribution >= 0.6 is 0 Å². The summed E-state index contributed by atoms with van der Waals surface area (Å²) in [5.74, 6) is 0. The van der Waals surface area contributed by atoms with Gasteiger partial charge in [0.15, 0.2) is 0 Å². The predicted octanol–water partition coefficient (Wildman–Crippen LogP) is 0.425. The Hall–Kier alpha value is -0.770. The van der Waals surface area contributed by atoms with Crippen LogP contribution in [0.25, 0.3) is 0 Å². The number of hydrogen-bond acceptors (Lipinski definition) is 2. The van der Waals surface area contributed by atoms with E-state index in [-0.39, 0.29) is 6.04 Å². The summed E-state index contributed by atoms with van der Waals surface area (Å²) in [4.78, 5) is 10.5. The van der Waals surface area contributed by atoms with E-state index in [9.17, 15) is 4.79 Å². The van der Waals surface area contributed by atoms with Crippen molar-refractivity contribution in [2.75, 3.05) is 7.05 Å². The zero-order valence-corrected chi connectivity index (χ0v) is 5.88. The number of amides is 2. The minimum absolute atomic E-state index is 0.0621. The van der Waals surface area contributed by atoms with Crippen LogP contribution in [0.5, 0.6) is 0 Å². The highest BCUT2D eigenvalue weighted by Gasteiger charge is 2.04. The molecule has 0 bridgehead atoms. The van der Waals surface area contributed by atoms with Crippen LogP contribution in [-0.2, 0) is 0 Å². The minimum Gasteiger partial charge on any atom is -0.334 e. The molecular formula is C5H12N2O2. The van der Waals surface area contributed by atoms with Crippen molar-refractivity contribution >= 4 is 6.03 Å². The molecule has 0 aromatic rings. The predicted molar refractivity (Wildman–Crippen MR) is 33.2 cm³/mol. The molecule has 0 radical (unpaired) electrons. The molecular weight excluding hydrogens is 120 g/mol. The third kappa shape index (κ3) is 3.78. The lowest BCUT2D eigenvalue weighted by Gasteiger charge is -2.11. The first-order valence-electron chi connectivity index (χ1n) is 2.77. The number of carbonyl (C=O) groups excluding carboxylic acids is 1. The Morgan fingerprint density at radius 3 is 2.22 bits per heavy atom. The van der Waals surface area contributed by atoms with Crippen molar-refractivity contribution in [2.45, 2.75) is 19.9 Å². The van der Waals surface area contributed by atoms with Gasteiger partial charge in [0.05, 0.1) is 0 Å². The maximum Gasteiger partial charge on any atom is 0.341 e. The molecule has 0 aliphatic rings. The molecule has 2 amide bonds. The van der Waals surface area contributed by atoms with E-state index in [1.165, 1.54) is 7.05 Å². The van der Waals surface area contributed by atoms with Crippen molar-refractivity contribution in [1.29, 1.82) is 0 Å². The Kier molecular flexibility index (Phi) is 3.01. The average molecular weight is 132 g/mol. The summed E-state index contributed by atoms with van der Waals surface area (Å²) < 4.78 is 0. The van der Waals surface area contributed by atoms with Gasteiger partial charge < -0.3 is 5.32 Å². The molecule has 0 aromatic heterocycles. The Balaban J connectivity index is 3.51. The van der Waals surface area contributed by atoms with Gasteiger partial charge in [-0.15, -0.1) is 0 Å². The molecule has 4 heteroatoms. The van der Waals surface area contributed by atoms with Gasteiger partial charge in [0, 0.05) is 13.1 Å². The molecule has 0 rings (SSSR count). The molecule has 2 N–H and O–H groups in total. The molecule has 0 fully saturated rings. The Bertz CT molecular complexity index is 101. The Morgan fingerprint density at radius 1 is 1.67 bits per heavy atom. The van der Waals surface area contributed by atoms with Gasteiger partial charge >= 0.3 is 6.03 Å². The zero-order valence-electron chi connectivity index (χ0n) is 5.88. The SMILES string of the molecule is CC(C)NC(=O)N(C)O. The van der Waals surface area contributed by atoms with Crippen molar-refractivity contribution < 1.29 is 10.0 Å². The van der Waals surface area contributed by atoms with E-state index in [2.05, 4.69) is 5.32 Å². The fourth-order valence-corrected chi connectivity index (χ4v) is 0.340. The maximum absolute atomic E-state index is 10.5. The first-order valence-corrected chi connectivity index (χ1v) is 2.77. The van der Waals surface area contributed by atoms with Crippen molar-refractivity contribution in [3.05, 3.63) is 0 Å². The highest BCUT2D eigenvalue weighted by atomic mass is 16.5. The molecule has 0 heterocycles. The van der Waals surface area contributed by atoms with Crippen LogP contribution in [0.1, 0.15) is 13.8 Å². The van der Waals surface area contributed by atoms with Crippen LogP contribution in [0.3, 0.4) is 0 Å². The van der Waals surface area contributed by atoms with Crippen LogP contribution in [0.15, 0.2) is 0 Å². The summed E-state index contributed by atoms with van der Waals surface area (Å²) in [5.41, 5.74) is 0. The second-order valence-electron chi connectivity index (χ2n) is 2.13. The van der Waals surface area contributed by atoms with E-state index < -0.39 is 6.03 Å². The summed E-state index contributed by atoms with van der Waals surface area (Å²) in [6, 6.07) is -0.419. The minimum atomic E-state index is -0.481. The molecule has 4 nitrogen and oxygen atoms in total. The fraction of sp³-hybridized carbons (Fsp3) is 0.800. The zero-order chi connectivity index (χ0) is 7.44. The number of hydrogen-bond donors (Lipinski definition) is 2. The van der Waals surface area contributed by atoms with Crippen molar-refractivity contribution in [2.24, 2.45) is 0 Å². The topological polar surface area (TPSA) is 52.6 Å². The maximum atomic E-state index is 10.5.